The number of rotatable bonds is 1. The number of hydrogen-bond donors (Lipinski definition) is 1. The molecule has 72 valence electrons. The van der Waals surface area contributed by atoms with Crippen LogP contribution >= 0.6 is 0 Å². The first kappa shape index (κ1) is 8.17. The fraction of sp³-hybridized carbons (Fsp3) is 0. The molecule has 0 bridgehead atoms. The molecule has 0 radical (unpaired) electrons. The zero-order valence-corrected chi connectivity index (χ0v) is 8.01. The molecule has 0 aromatic carbocycles. The minimum Gasteiger partial charge on any atom is -0.354 e. The molecule has 0 saturated heterocycles. The van der Waals surface area contributed by atoms with Crippen molar-refractivity contribution in [1.82, 2.24) is 15.0 Å². The van der Waals surface area contributed by atoms with Crippen LogP contribution in [0.2, 0.25) is 0 Å². The molecule has 0 aliphatic rings. The predicted molar refractivity (Wildman–Crippen MR) is 59.3 cm³/mol. The highest BCUT2D eigenvalue weighted by Crippen LogP contribution is 2.22. The number of H-pyrrole nitrogens is 1. The first-order valence-corrected chi connectivity index (χ1v) is 4.76. The van der Waals surface area contributed by atoms with E-state index in [9.17, 15) is 0 Å². The van der Waals surface area contributed by atoms with E-state index < -0.39 is 0 Å². The highest BCUT2D eigenvalue weighted by Gasteiger charge is 2.01. The highest BCUT2D eigenvalue weighted by atomic mass is 14.7. The van der Waals surface area contributed by atoms with Crippen molar-refractivity contribution in [2.45, 2.75) is 0 Å². The van der Waals surface area contributed by atoms with E-state index in [0.29, 0.717) is 0 Å². The molecular weight excluding hydrogens is 186 g/mol. The van der Waals surface area contributed by atoms with Crippen LogP contribution in [0.15, 0.2) is 49.1 Å². The van der Waals surface area contributed by atoms with Gasteiger partial charge in [-0.05, 0) is 24.3 Å². The maximum atomic E-state index is 4.09. The fourth-order valence-electron chi connectivity index (χ4n) is 1.66. The van der Waals surface area contributed by atoms with Gasteiger partial charge in [0.25, 0.3) is 0 Å². The van der Waals surface area contributed by atoms with Crippen LogP contribution in [0.3, 0.4) is 0 Å². The molecule has 3 heteroatoms. The summed E-state index contributed by atoms with van der Waals surface area (Å²) in [5.74, 6) is 0. The van der Waals surface area contributed by atoms with Gasteiger partial charge in [0, 0.05) is 46.9 Å². The Labute approximate surface area is 86.8 Å². The lowest BCUT2D eigenvalue weighted by Gasteiger charge is -1.94. The summed E-state index contributed by atoms with van der Waals surface area (Å²) in [6.07, 6.45) is 7.23. The normalized spacial score (nSPS) is 10.7. The van der Waals surface area contributed by atoms with Crippen LogP contribution in [0.5, 0.6) is 0 Å². The Kier molecular flexibility index (Phi) is 1.75. The summed E-state index contributed by atoms with van der Waals surface area (Å²) in [5.41, 5.74) is 3.35. The van der Waals surface area contributed by atoms with Crippen LogP contribution in [0.1, 0.15) is 0 Å². The van der Waals surface area contributed by atoms with Gasteiger partial charge in [-0.3, -0.25) is 9.97 Å². The molecule has 3 heterocycles. The number of nitrogens with zero attached hydrogens (tertiary/aromatic N) is 2. The molecular formula is C12H9N3. The standard InChI is InChI=1S/C12H9N3/c1-4-13-5-2-9(1)12-7-10-8-14-6-3-11(10)15-12/h1-8,15H. The quantitative estimate of drug-likeness (QED) is 0.648. The SMILES string of the molecule is c1cc(-c2cc3cnccc3[nH]2)ccn1. The Bertz CT molecular complexity index is 551. The van der Waals surface area contributed by atoms with Crippen LogP contribution in [0, 0.1) is 0 Å². The Morgan fingerprint density at radius 1 is 0.933 bits per heavy atom. The minimum absolute atomic E-state index is 1.10. The van der Waals surface area contributed by atoms with E-state index in [1.165, 1.54) is 0 Å². The van der Waals surface area contributed by atoms with E-state index in [0.717, 1.165) is 22.2 Å². The number of fused-ring (bicyclic) bond motifs is 1. The molecule has 3 aromatic heterocycles. The van der Waals surface area contributed by atoms with Crippen molar-refractivity contribution >= 4 is 10.9 Å². The molecule has 0 fully saturated rings. The molecule has 3 aromatic rings. The van der Waals surface area contributed by atoms with E-state index in [1.807, 2.05) is 24.4 Å². The number of aromatic amines is 1. The van der Waals surface area contributed by atoms with Crippen LogP contribution in [-0.2, 0) is 0 Å². The van der Waals surface area contributed by atoms with Gasteiger partial charge in [0.2, 0.25) is 0 Å². The van der Waals surface area contributed by atoms with Crippen molar-refractivity contribution in [3.8, 4) is 11.3 Å². The van der Waals surface area contributed by atoms with Crippen LogP contribution in [-0.4, -0.2) is 15.0 Å². The number of aromatic nitrogens is 3. The summed E-state index contributed by atoms with van der Waals surface area (Å²) in [4.78, 5) is 11.4. The lowest BCUT2D eigenvalue weighted by molar-refractivity contribution is 1.32. The Hall–Kier alpha value is -2.16. The summed E-state index contributed by atoms with van der Waals surface area (Å²) >= 11 is 0. The van der Waals surface area contributed by atoms with Crippen LogP contribution in [0.25, 0.3) is 22.2 Å². The number of nitrogens with one attached hydrogen (secondary N) is 1. The molecule has 3 nitrogen and oxygen atoms in total. The van der Waals surface area contributed by atoms with Gasteiger partial charge in [0.1, 0.15) is 0 Å². The van der Waals surface area contributed by atoms with Crippen LogP contribution in [0.4, 0.5) is 0 Å². The van der Waals surface area contributed by atoms with E-state index in [-0.39, 0.29) is 0 Å². The van der Waals surface area contributed by atoms with Gasteiger partial charge in [-0.2, -0.15) is 0 Å². The van der Waals surface area contributed by atoms with E-state index in [4.69, 9.17) is 0 Å². The monoisotopic (exact) mass is 195 g/mol. The number of hydrogen-bond acceptors (Lipinski definition) is 2. The second kappa shape index (κ2) is 3.20. The van der Waals surface area contributed by atoms with E-state index in [1.54, 1.807) is 18.6 Å². The largest absolute Gasteiger partial charge is 0.354 e. The molecule has 0 aliphatic carbocycles. The summed E-state index contributed by atoms with van der Waals surface area (Å²) in [5, 5.41) is 1.13. The van der Waals surface area contributed by atoms with Crippen LogP contribution < -0.4 is 0 Å². The van der Waals surface area contributed by atoms with E-state index >= 15 is 0 Å². The summed E-state index contributed by atoms with van der Waals surface area (Å²) in [6.45, 7) is 0. The fourth-order valence-corrected chi connectivity index (χ4v) is 1.66. The molecule has 3 rings (SSSR count). The average Bonchev–Trinajstić information content (AvgIpc) is 2.74. The Morgan fingerprint density at radius 3 is 2.53 bits per heavy atom. The van der Waals surface area contributed by atoms with Crippen molar-refractivity contribution < 1.29 is 0 Å². The summed E-state index contributed by atoms with van der Waals surface area (Å²) < 4.78 is 0. The number of pyridine rings is 2. The van der Waals surface area contributed by atoms with Crippen molar-refractivity contribution in [3.63, 3.8) is 0 Å². The molecule has 0 aliphatic heterocycles. The third-order valence-electron chi connectivity index (χ3n) is 2.41. The van der Waals surface area contributed by atoms with Gasteiger partial charge in [-0.25, -0.2) is 0 Å². The van der Waals surface area contributed by atoms with Crippen molar-refractivity contribution in [2.75, 3.05) is 0 Å². The van der Waals surface area contributed by atoms with Gasteiger partial charge >= 0.3 is 0 Å². The van der Waals surface area contributed by atoms with Gasteiger partial charge in [-0.15, -0.1) is 0 Å². The molecule has 15 heavy (non-hydrogen) atoms. The lowest BCUT2D eigenvalue weighted by Crippen LogP contribution is -1.76. The van der Waals surface area contributed by atoms with Gasteiger partial charge < -0.3 is 4.98 Å². The molecule has 1 N–H and O–H groups in total. The molecule has 0 atom stereocenters. The zero-order chi connectivity index (χ0) is 10.1. The third kappa shape index (κ3) is 1.38. The van der Waals surface area contributed by atoms with Gasteiger partial charge in [-0.1, -0.05) is 0 Å². The summed E-state index contributed by atoms with van der Waals surface area (Å²) in [6, 6.07) is 8.04. The highest BCUT2D eigenvalue weighted by molar-refractivity contribution is 5.84. The zero-order valence-electron chi connectivity index (χ0n) is 8.01. The molecule has 0 amide bonds. The Morgan fingerprint density at radius 2 is 1.73 bits per heavy atom. The second-order valence-electron chi connectivity index (χ2n) is 3.38. The van der Waals surface area contributed by atoms with E-state index in [2.05, 4.69) is 21.0 Å². The predicted octanol–water partition coefficient (Wildman–Crippen LogP) is 2.62. The molecule has 0 saturated carbocycles. The second-order valence-corrected chi connectivity index (χ2v) is 3.38. The van der Waals surface area contributed by atoms with Gasteiger partial charge in [0.15, 0.2) is 0 Å². The first-order chi connectivity index (χ1) is 7.43. The third-order valence-corrected chi connectivity index (χ3v) is 2.41. The topological polar surface area (TPSA) is 41.6 Å². The minimum atomic E-state index is 1.10. The van der Waals surface area contributed by atoms with Crippen molar-refractivity contribution in [3.05, 3.63) is 49.1 Å². The smallest absolute Gasteiger partial charge is 0.0489 e. The lowest BCUT2D eigenvalue weighted by atomic mass is 10.2. The van der Waals surface area contributed by atoms with Crippen molar-refractivity contribution in [2.24, 2.45) is 0 Å². The Balaban J connectivity index is 2.21. The molecule has 0 spiro atoms. The van der Waals surface area contributed by atoms with Crippen molar-refractivity contribution in [1.29, 1.82) is 0 Å². The summed E-state index contributed by atoms with van der Waals surface area (Å²) in [7, 11) is 0. The maximum Gasteiger partial charge on any atom is 0.0489 e. The van der Waals surface area contributed by atoms with Gasteiger partial charge in [0.05, 0.1) is 0 Å². The average molecular weight is 195 g/mol. The first-order valence-electron chi connectivity index (χ1n) is 4.76. The maximum absolute atomic E-state index is 4.09. The molecule has 0 unspecified atom stereocenters.